The van der Waals surface area contributed by atoms with Crippen molar-refractivity contribution < 1.29 is 0 Å². The minimum Gasteiger partial charge on any atom is -0.319 e. The summed E-state index contributed by atoms with van der Waals surface area (Å²) in [7, 11) is 2.03. The molecule has 20 heavy (non-hydrogen) atoms. The zero-order valence-corrected chi connectivity index (χ0v) is 13.8. The van der Waals surface area contributed by atoms with Crippen LogP contribution in [0.2, 0.25) is 10.0 Å². The van der Waals surface area contributed by atoms with Crippen molar-refractivity contribution in [3.05, 3.63) is 33.8 Å². The summed E-state index contributed by atoms with van der Waals surface area (Å²) in [6.07, 6.45) is 3.80. The van der Waals surface area contributed by atoms with E-state index in [1.165, 1.54) is 24.8 Å². The van der Waals surface area contributed by atoms with E-state index in [4.69, 9.17) is 23.2 Å². The summed E-state index contributed by atoms with van der Waals surface area (Å²) in [6.45, 7) is 5.44. The minimum absolute atomic E-state index is 0.362. The highest BCUT2D eigenvalue weighted by Gasteiger charge is 2.31. The number of hydrogen-bond acceptors (Lipinski definition) is 2. The van der Waals surface area contributed by atoms with Crippen molar-refractivity contribution in [2.45, 2.75) is 32.2 Å². The summed E-state index contributed by atoms with van der Waals surface area (Å²) < 4.78 is 0. The number of halogens is 2. The summed E-state index contributed by atoms with van der Waals surface area (Å²) in [5.74, 6) is 0.582. The first-order valence-electron chi connectivity index (χ1n) is 7.51. The fourth-order valence-corrected chi connectivity index (χ4v) is 3.75. The lowest BCUT2D eigenvalue weighted by Gasteiger charge is -2.35. The third-order valence-corrected chi connectivity index (χ3v) is 4.84. The Labute approximate surface area is 132 Å². The molecule has 1 N–H and O–H groups in total. The average molecular weight is 315 g/mol. The molecular formula is C16H24Cl2N2. The van der Waals surface area contributed by atoms with E-state index >= 15 is 0 Å². The van der Waals surface area contributed by atoms with Crippen LogP contribution < -0.4 is 5.32 Å². The van der Waals surface area contributed by atoms with Crippen molar-refractivity contribution in [2.24, 2.45) is 5.92 Å². The van der Waals surface area contributed by atoms with Crippen LogP contribution in [0, 0.1) is 5.92 Å². The predicted molar refractivity (Wildman–Crippen MR) is 87.7 cm³/mol. The molecule has 0 aliphatic carbocycles. The van der Waals surface area contributed by atoms with Crippen molar-refractivity contribution in [1.82, 2.24) is 10.2 Å². The molecule has 1 aromatic rings. The molecule has 1 aliphatic heterocycles. The second-order valence-corrected chi connectivity index (χ2v) is 6.40. The number of rotatable bonds is 4. The predicted octanol–water partition coefficient (Wildman–Crippen LogP) is 4.38. The molecule has 1 aliphatic rings. The molecular weight excluding hydrogens is 291 g/mol. The molecule has 0 radical (unpaired) electrons. The van der Waals surface area contributed by atoms with Crippen LogP contribution in [-0.4, -0.2) is 31.6 Å². The number of nitrogens with zero attached hydrogens (tertiary/aromatic N) is 1. The Bertz CT molecular complexity index is 436. The molecule has 0 saturated carbocycles. The third-order valence-electron chi connectivity index (χ3n) is 4.26. The van der Waals surface area contributed by atoms with Crippen LogP contribution in [0.5, 0.6) is 0 Å². The van der Waals surface area contributed by atoms with Gasteiger partial charge in [-0.05, 0) is 69.2 Å². The van der Waals surface area contributed by atoms with Gasteiger partial charge in [0.25, 0.3) is 0 Å². The first kappa shape index (κ1) is 16.1. The Kier molecular flexibility index (Phi) is 6.16. The molecule has 4 heteroatoms. The lowest BCUT2D eigenvalue weighted by molar-refractivity contribution is 0.162. The highest BCUT2D eigenvalue weighted by atomic mass is 35.5. The quantitative estimate of drug-likeness (QED) is 0.887. The van der Waals surface area contributed by atoms with Crippen LogP contribution >= 0.6 is 23.2 Å². The number of nitrogens with one attached hydrogen (secondary N) is 1. The second-order valence-electron chi connectivity index (χ2n) is 5.55. The van der Waals surface area contributed by atoms with E-state index in [0.717, 1.165) is 29.7 Å². The van der Waals surface area contributed by atoms with Crippen LogP contribution in [0.4, 0.5) is 0 Å². The molecule has 0 spiro atoms. The Morgan fingerprint density at radius 1 is 1.30 bits per heavy atom. The van der Waals surface area contributed by atoms with Gasteiger partial charge < -0.3 is 5.32 Å². The van der Waals surface area contributed by atoms with Gasteiger partial charge in [-0.25, -0.2) is 0 Å². The molecule has 112 valence electrons. The van der Waals surface area contributed by atoms with Crippen LogP contribution in [0.1, 0.15) is 37.8 Å². The Hall–Kier alpha value is -0.280. The third kappa shape index (κ3) is 3.67. The molecule has 0 amide bonds. The lowest BCUT2D eigenvalue weighted by Crippen LogP contribution is -2.36. The molecule has 2 rings (SSSR count). The highest BCUT2D eigenvalue weighted by Crippen LogP contribution is 2.38. The van der Waals surface area contributed by atoms with Gasteiger partial charge in [0.2, 0.25) is 0 Å². The van der Waals surface area contributed by atoms with Gasteiger partial charge in [-0.15, -0.1) is 0 Å². The van der Waals surface area contributed by atoms with E-state index in [1.54, 1.807) is 0 Å². The van der Waals surface area contributed by atoms with Gasteiger partial charge in [0.15, 0.2) is 0 Å². The van der Waals surface area contributed by atoms with Gasteiger partial charge >= 0.3 is 0 Å². The molecule has 1 fully saturated rings. The molecule has 1 heterocycles. The van der Waals surface area contributed by atoms with Gasteiger partial charge in [0.05, 0.1) is 0 Å². The van der Waals surface area contributed by atoms with Crippen LogP contribution in [0.15, 0.2) is 18.2 Å². The van der Waals surface area contributed by atoms with Crippen LogP contribution in [-0.2, 0) is 0 Å². The number of likely N-dealkylation sites (tertiary alicyclic amines) is 1. The molecule has 1 aromatic carbocycles. The maximum atomic E-state index is 6.46. The maximum absolute atomic E-state index is 6.46. The summed E-state index contributed by atoms with van der Waals surface area (Å²) in [5.41, 5.74) is 1.18. The largest absolute Gasteiger partial charge is 0.319 e. The second kappa shape index (κ2) is 7.65. The molecule has 2 unspecified atom stereocenters. The summed E-state index contributed by atoms with van der Waals surface area (Å²) in [6, 6.07) is 6.20. The topological polar surface area (TPSA) is 15.3 Å². The van der Waals surface area contributed by atoms with E-state index in [-0.39, 0.29) is 0 Å². The van der Waals surface area contributed by atoms with Crippen molar-refractivity contribution in [3.63, 3.8) is 0 Å². The summed E-state index contributed by atoms with van der Waals surface area (Å²) >= 11 is 12.7. The average Bonchev–Trinajstić information content (AvgIpc) is 2.64. The summed E-state index contributed by atoms with van der Waals surface area (Å²) in [5, 5.41) is 4.95. The van der Waals surface area contributed by atoms with Gasteiger partial charge in [-0.2, -0.15) is 0 Å². The molecule has 0 bridgehead atoms. The van der Waals surface area contributed by atoms with Crippen molar-refractivity contribution >= 4 is 23.2 Å². The number of hydrogen-bond donors (Lipinski definition) is 1. The first-order valence-corrected chi connectivity index (χ1v) is 8.26. The maximum Gasteiger partial charge on any atom is 0.0455 e. The van der Waals surface area contributed by atoms with Gasteiger partial charge in [0, 0.05) is 16.1 Å². The fraction of sp³-hybridized carbons (Fsp3) is 0.625. The zero-order chi connectivity index (χ0) is 14.5. The van der Waals surface area contributed by atoms with E-state index < -0.39 is 0 Å². The van der Waals surface area contributed by atoms with Crippen molar-refractivity contribution in [3.8, 4) is 0 Å². The standard InChI is InChI=1S/C16H24Cl2N2/c1-3-20-9-5-4-6-12(11-19-2)16(20)14-10-13(17)7-8-15(14)18/h7-8,10,12,16,19H,3-6,9,11H2,1-2H3. The Balaban J connectivity index is 2.40. The lowest BCUT2D eigenvalue weighted by atomic mass is 9.89. The zero-order valence-electron chi connectivity index (χ0n) is 12.3. The number of benzene rings is 1. The molecule has 1 saturated heterocycles. The Morgan fingerprint density at radius 2 is 2.10 bits per heavy atom. The van der Waals surface area contributed by atoms with Crippen molar-refractivity contribution in [2.75, 3.05) is 26.7 Å². The monoisotopic (exact) mass is 314 g/mol. The first-order chi connectivity index (χ1) is 9.67. The van der Waals surface area contributed by atoms with E-state index in [2.05, 4.69) is 17.1 Å². The molecule has 0 aromatic heterocycles. The normalized spacial score (nSPS) is 24.6. The summed E-state index contributed by atoms with van der Waals surface area (Å²) in [4.78, 5) is 2.55. The SMILES string of the molecule is CCN1CCCCC(CNC)C1c1cc(Cl)ccc1Cl. The van der Waals surface area contributed by atoms with Crippen LogP contribution in [0.3, 0.4) is 0 Å². The molecule has 2 atom stereocenters. The fourth-order valence-electron chi connectivity index (χ4n) is 3.34. The Morgan fingerprint density at radius 3 is 2.80 bits per heavy atom. The van der Waals surface area contributed by atoms with Crippen LogP contribution in [0.25, 0.3) is 0 Å². The van der Waals surface area contributed by atoms with Crippen molar-refractivity contribution in [1.29, 1.82) is 0 Å². The van der Waals surface area contributed by atoms with E-state index in [0.29, 0.717) is 12.0 Å². The smallest absolute Gasteiger partial charge is 0.0455 e. The minimum atomic E-state index is 0.362. The van der Waals surface area contributed by atoms with Gasteiger partial charge in [-0.1, -0.05) is 36.5 Å². The van der Waals surface area contributed by atoms with E-state index in [9.17, 15) is 0 Å². The molecule has 2 nitrogen and oxygen atoms in total. The highest BCUT2D eigenvalue weighted by molar-refractivity contribution is 6.33. The van der Waals surface area contributed by atoms with Gasteiger partial charge in [0.1, 0.15) is 0 Å². The van der Waals surface area contributed by atoms with E-state index in [1.807, 2.05) is 25.2 Å². The van der Waals surface area contributed by atoms with Gasteiger partial charge in [-0.3, -0.25) is 4.90 Å².